The van der Waals surface area contributed by atoms with E-state index < -0.39 is 125 Å². The van der Waals surface area contributed by atoms with E-state index in [1.54, 1.807) is 66.0 Å². The van der Waals surface area contributed by atoms with Crippen LogP contribution in [0, 0.1) is 23.7 Å². The molecule has 1 aromatic carbocycles. The molecule has 3 fully saturated rings. The van der Waals surface area contributed by atoms with Gasteiger partial charge in [0.15, 0.2) is 18.7 Å². The molecule has 3 saturated heterocycles. The highest BCUT2D eigenvalue weighted by Crippen LogP contribution is 2.42. The van der Waals surface area contributed by atoms with Gasteiger partial charge in [-0.2, -0.15) is 0 Å². The first-order valence-electron chi connectivity index (χ1n) is 29.9. The van der Waals surface area contributed by atoms with Crippen molar-refractivity contribution in [2.75, 3.05) is 74.7 Å². The van der Waals surface area contributed by atoms with Gasteiger partial charge in [0.2, 0.25) is 12.2 Å². The summed E-state index contributed by atoms with van der Waals surface area (Å²) < 4.78 is 69.1. The smallest absolute Gasteiger partial charge is 0.341 e. The number of hydrogen-bond acceptors (Lipinski definition) is 22. The van der Waals surface area contributed by atoms with E-state index in [2.05, 4.69) is 5.16 Å². The molecule has 0 unspecified atom stereocenters. The van der Waals surface area contributed by atoms with Crippen molar-refractivity contribution in [3.63, 3.8) is 0 Å². The van der Waals surface area contributed by atoms with Gasteiger partial charge in [-0.15, -0.1) is 0 Å². The number of aliphatic hydroxyl groups is 4. The number of hydrogen-bond donors (Lipinski definition) is 5. The van der Waals surface area contributed by atoms with Crippen LogP contribution in [0.1, 0.15) is 131 Å². The number of nitrogens with zero attached hydrogens (tertiary/aromatic N) is 3. The van der Waals surface area contributed by atoms with E-state index in [-0.39, 0.29) is 76.3 Å². The minimum absolute atomic E-state index is 0.0277. The Balaban J connectivity index is 1.39. The normalized spacial score (nSPS) is 34.9. The lowest BCUT2D eigenvalue weighted by molar-refractivity contribution is -0.328. The monoisotopic (exact) mass is 1210 g/mol. The number of oxime groups is 1. The third kappa shape index (κ3) is 18.4. The molecule has 0 spiro atoms. The van der Waals surface area contributed by atoms with Crippen LogP contribution in [0.15, 0.2) is 34.3 Å². The number of cyclic esters (lactones) is 1. The average molecular weight is 1210 g/mol. The van der Waals surface area contributed by atoms with E-state index in [1.807, 2.05) is 45.0 Å². The Hall–Kier alpha value is -4.25. The number of carbonyl (C=O) groups is 3. The number of carboxylic acid groups (broad SMARTS) is 1. The number of pyridine rings is 1. The van der Waals surface area contributed by atoms with E-state index in [1.165, 1.54) is 27.3 Å². The lowest BCUT2D eigenvalue weighted by Crippen LogP contribution is -2.62. The van der Waals surface area contributed by atoms with Crippen molar-refractivity contribution < 1.29 is 96.9 Å². The molecule has 0 amide bonds. The summed E-state index contributed by atoms with van der Waals surface area (Å²) in [6, 6.07) is 5.06. The van der Waals surface area contributed by atoms with Crippen LogP contribution in [-0.4, -0.2) is 218 Å². The predicted molar refractivity (Wildman–Crippen MR) is 312 cm³/mol. The SMILES string of the molecule is CC[C@H]1OC(=O)[C@H](C)[C@@H](O[C@@H]2O[C@@H](C)C[C@](C)(OC)[C@H]2OC(=O)CCOCCOCCCc2ccc3c(c2)c(=O)c(C(=O)O)cn3CC)[C@H](C)[C@@H](O[C@@H]2O[C@H](C)C[C@H](N(C)C)[C@H]2O)[C@](C)(O)C[C@@H](C)/C(=N\OCOCCOC)[C@H](C)[C@@H](O)[C@]1(C)O. The Morgan fingerprint density at radius 3 is 2.14 bits per heavy atom. The lowest BCUT2D eigenvalue weighted by atomic mass is 9.73. The second-order valence-corrected chi connectivity index (χ2v) is 24.1. The van der Waals surface area contributed by atoms with Gasteiger partial charge in [-0.05, 0) is 112 Å². The highest BCUT2D eigenvalue weighted by molar-refractivity contribution is 5.92. The largest absolute Gasteiger partial charge is 0.477 e. The first kappa shape index (κ1) is 71.5. The zero-order valence-corrected chi connectivity index (χ0v) is 52.7. The second kappa shape index (κ2) is 32.3. The van der Waals surface area contributed by atoms with Crippen molar-refractivity contribution in [1.29, 1.82) is 0 Å². The fourth-order valence-corrected chi connectivity index (χ4v) is 12.2. The maximum absolute atomic E-state index is 14.8. The quantitative estimate of drug-likeness (QED) is 0.0364. The number of rotatable bonds is 26. The Bertz CT molecular complexity index is 2540. The summed E-state index contributed by atoms with van der Waals surface area (Å²) in [5.41, 5.74) is -4.19. The van der Waals surface area contributed by atoms with Crippen molar-refractivity contribution >= 4 is 34.5 Å². The standard InChI is InChI=1S/C61H99N3O21/c1-16-46-61(11,73)52(68)38(6)48(62-79-34-78-26-25-74-14)35(3)31-59(9,72)53(85-57-50(67)45(63(12)13)29-36(4)80-57)39(7)51(40(8)56(71)82-46)84-58-54(60(10,75-15)32-37(5)81-58)83-47(65)22-24-77-28-27-76-23-18-19-41-20-21-44-42(30-41)49(66)43(55(69)70)33-64(44)17-2/h20-21,30,33,35-40,45-46,50-54,57-58,67-68,72-73H,16-19,22-29,31-32,34H2,1-15H3,(H,69,70)/b62-48+/t35-,36-,37+,38+,39+,40-,45+,46-,50-,51+,52-,53-,54+,57+,58+,59-,60+,61-/m1/s1. The van der Waals surface area contributed by atoms with E-state index >= 15 is 0 Å². The predicted octanol–water partition coefficient (Wildman–Crippen LogP) is 4.85. The molecule has 2 aromatic rings. The first-order valence-corrected chi connectivity index (χ1v) is 29.9. The number of carboxylic acids is 1. The molecule has 1 aromatic heterocycles. The van der Waals surface area contributed by atoms with Crippen LogP contribution in [0.4, 0.5) is 0 Å². The maximum atomic E-state index is 14.8. The minimum atomic E-state index is -2.06. The van der Waals surface area contributed by atoms with Gasteiger partial charge in [0.05, 0.1) is 92.7 Å². The number of likely N-dealkylation sites (N-methyl/N-ethyl adjacent to an activating group) is 1. The van der Waals surface area contributed by atoms with Gasteiger partial charge < -0.3 is 91.9 Å². The molecular weight excluding hydrogens is 1110 g/mol. The van der Waals surface area contributed by atoms with Crippen LogP contribution in [-0.2, 0) is 79.5 Å². The van der Waals surface area contributed by atoms with Crippen LogP contribution in [0.25, 0.3) is 10.9 Å². The summed E-state index contributed by atoms with van der Waals surface area (Å²) in [5, 5.41) is 63.7. The van der Waals surface area contributed by atoms with Gasteiger partial charge in [-0.3, -0.25) is 14.4 Å². The average Bonchev–Trinajstić information content (AvgIpc) is 1.48. The third-order valence-corrected chi connectivity index (χ3v) is 17.0. The van der Waals surface area contributed by atoms with Crippen LogP contribution in [0.2, 0.25) is 0 Å². The van der Waals surface area contributed by atoms with Crippen molar-refractivity contribution in [1.82, 2.24) is 9.47 Å². The molecule has 3 aliphatic heterocycles. The summed E-state index contributed by atoms with van der Waals surface area (Å²) in [4.78, 5) is 60.9. The van der Waals surface area contributed by atoms with Crippen molar-refractivity contribution in [3.05, 3.63) is 45.7 Å². The van der Waals surface area contributed by atoms with Crippen LogP contribution < -0.4 is 5.43 Å². The summed E-state index contributed by atoms with van der Waals surface area (Å²) in [7, 11) is 6.69. The fraction of sp³-hybridized carbons (Fsp3) is 0.787. The van der Waals surface area contributed by atoms with Gasteiger partial charge in [-0.25, -0.2) is 4.79 Å². The molecule has 0 radical (unpaired) electrons. The molecule has 3 aliphatic rings. The third-order valence-electron chi connectivity index (χ3n) is 17.0. The molecule has 0 saturated carbocycles. The zero-order valence-electron chi connectivity index (χ0n) is 52.7. The molecule has 85 heavy (non-hydrogen) atoms. The topological polar surface area (TPSA) is 301 Å². The summed E-state index contributed by atoms with van der Waals surface area (Å²) in [6.07, 6.45) is -8.47. The summed E-state index contributed by atoms with van der Waals surface area (Å²) in [6.45, 7) is 20.1. The Labute approximate surface area is 500 Å². The van der Waals surface area contributed by atoms with E-state index in [0.717, 1.165) is 5.56 Å². The van der Waals surface area contributed by atoms with Crippen molar-refractivity contribution in [2.24, 2.45) is 28.8 Å². The molecule has 5 rings (SSSR count). The number of aliphatic hydroxyl groups excluding tert-OH is 2. The molecule has 484 valence electrons. The van der Waals surface area contributed by atoms with E-state index in [9.17, 15) is 44.7 Å². The molecular formula is C61H99N3O21. The number of ether oxygens (including phenoxy) is 11. The zero-order chi connectivity index (χ0) is 63.1. The van der Waals surface area contributed by atoms with E-state index in [4.69, 9.17) is 56.9 Å². The van der Waals surface area contributed by atoms with Gasteiger partial charge in [0.25, 0.3) is 0 Å². The van der Waals surface area contributed by atoms with Crippen molar-refractivity contribution in [2.45, 2.75) is 212 Å². The number of aromatic nitrogens is 1. The number of esters is 2. The van der Waals surface area contributed by atoms with Crippen molar-refractivity contribution in [3.8, 4) is 0 Å². The molecule has 4 heterocycles. The highest BCUT2D eigenvalue weighted by Gasteiger charge is 2.55. The molecule has 18 atom stereocenters. The van der Waals surface area contributed by atoms with Crippen LogP contribution in [0.5, 0.6) is 0 Å². The Morgan fingerprint density at radius 1 is 0.835 bits per heavy atom. The molecule has 0 aliphatic carbocycles. The minimum Gasteiger partial charge on any atom is -0.477 e. The Kier molecular flexibility index (Phi) is 27.2. The number of benzene rings is 1. The molecule has 24 heteroatoms. The molecule has 24 nitrogen and oxygen atoms in total. The number of aromatic carboxylic acids is 1. The molecule has 0 bridgehead atoms. The van der Waals surface area contributed by atoms with Gasteiger partial charge in [-0.1, -0.05) is 38.9 Å². The van der Waals surface area contributed by atoms with Gasteiger partial charge in [0.1, 0.15) is 29.0 Å². The number of carbonyl (C=O) groups excluding carboxylic acids is 2. The van der Waals surface area contributed by atoms with Crippen LogP contribution in [0.3, 0.4) is 0 Å². The molecule has 5 N–H and O–H groups in total. The number of methoxy groups -OCH3 is 2. The Morgan fingerprint density at radius 2 is 1.51 bits per heavy atom. The number of fused-ring (bicyclic) bond motifs is 1. The summed E-state index contributed by atoms with van der Waals surface area (Å²) >= 11 is 0. The van der Waals surface area contributed by atoms with Gasteiger partial charge in [0, 0.05) is 69.2 Å². The first-order chi connectivity index (χ1) is 40.1. The second-order valence-electron chi connectivity index (χ2n) is 24.1. The van der Waals surface area contributed by atoms with Gasteiger partial charge >= 0.3 is 17.9 Å². The lowest BCUT2D eigenvalue weighted by Gasteiger charge is -2.50. The highest BCUT2D eigenvalue weighted by atomic mass is 16.7. The van der Waals surface area contributed by atoms with E-state index in [0.29, 0.717) is 49.9 Å². The number of aryl methyl sites for hydroxylation is 2. The van der Waals surface area contributed by atoms with Crippen LogP contribution >= 0.6 is 0 Å². The maximum Gasteiger partial charge on any atom is 0.341 e. The summed E-state index contributed by atoms with van der Waals surface area (Å²) in [5.74, 6) is -6.68. The fourth-order valence-electron chi connectivity index (χ4n) is 12.2.